The van der Waals surface area contributed by atoms with Crippen LogP contribution in [0, 0.1) is 0 Å². The third-order valence-electron chi connectivity index (χ3n) is 3.84. The van der Waals surface area contributed by atoms with E-state index in [1.165, 1.54) is 25.2 Å². The van der Waals surface area contributed by atoms with Crippen molar-refractivity contribution in [2.75, 3.05) is 19.1 Å². The van der Waals surface area contributed by atoms with Gasteiger partial charge < -0.3 is 14.4 Å². The van der Waals surface area contributed by atoms with Crippen LogP contribution in [0.1, 0.15) is 0 Å². The lowest BCUT2D eigenvalue weighted by atomic mass is 10.1. The number of aryl methyl sites for hydroxylation is 1. The van der Waals surface area contributed by atoms with Crippen LogP contribution in [0.3, 0.4) is 0 Å². The Morgan fingerprint density at radius 1 is 1.12 bits per heavy atom. The summed E-state index contributed by atoms with van der Waals surface area (Å²) >= 11 is 6.44. The van der Waals surface area contributed by atoms with Gasteiger partial charge in [-0.2, -0.15) is 5.10 Å². The number of aromatic nitrogens is 2. The topological polar surface area (TPSA) is 73.7 Å². The molecule has 0 unspecified atom stereocenters. The van der Waals surface area contributed by atoms with E-state index < -0.39 is 11.9 Å². The highest BCUT2D eigenvalue weighted by Crippen LogP contribution is 2.35. The smallest absolute Gasteiger partial charge is 0.355 e. The average Bonchev–Trinajstić information content (AvgIpc) is 2.85. The van der Waals surface area contributed by atoms with Crippen LogP contribution in [-0.2, 0) is 26.1 Å². The summed E-state index contributed by atoms with van der Waals surface area (Å²) in [5.41, 5.74) is 1.30. The van der Waals surface area contributed by atoms with Gasteiger partial charge in [-0.1, -0.05) is 17.7 Å². The summed E-state index contributed by atoms with van der Waals surface area (Å²) in [5, 5.41) is 5.51. The Morgan fingerprint density at radius 3 is 2.54 bits per heavy atom. The van der Waals surface area contributed by atoms with Gasteiger partial charge in [0.2, 0.25) is 0 Å². The summed E-state index contributed by atoms with van der Waals surface area (Å²) in [7, 11) is 4.29. The molecule has 8 heteroatoms. The second-order valence-electron chi connectivity index (χ2n) is 5.48. The van der Waals surface area contributed by atoms with Crippen molar-refractivity contribution < 1.29 is 19.1 Å². The molecule has 0 spiro atoms. The van der Waals surface area contributed by atoms with Crippen LogP contribution < -0.4 is 4.90 Å². The zero-order valence-electron chi connectivity index (χ0n) is 14.4. The predicted molar refractivity (Wildman–Crippen MR) is 97.5 cm³/mol. The summed E-state index contributed by atoms with van der Waals surface area (Å²) in [6.45, 7) is 0. The van der Waals surface area contributed by atoms with Crippen molar-refractivity contribution in [1.82, 2.24) is 9.78 Å². The van der Waals surface area contributed by atoms with Gasteiger partial charge in [0, 0.05) is 24.8 Å². The van der Waals surface area contributed by atoms with Crippen molar-refractivity contribution >= 4 is 40.1 Å². The zero-order chi connectivity index (χ0) is 18.8. The third kappa shape index (κ3) is 3.09. The Kier molecular flexibility index (Phi) is 4.81. The minimum Gasteiger partial charge on any atom is -0.465 e. The van der Waals surface area contributed by atoms with Crippen LogP contribution >= 0.6 is 11.6 Å². The molecule has 0 atom stereocenters. The minimum atomic E-state index is -0.691. The van der Waals surface area contributed by atoms with E-state index in [1.807, 2.05) is 6.20 Å². The van der Waals surface area contributed by atoms with E-state index in [1.54, 1.807) is 42.2 Å². The molecule has 0 saturated carbocycles. The van der Waals surface area contributed by atoms with Gasteiger partial charge in [-0.3, -0.25) is 4.68 Å². The van der Waals surface area contributed by atoms with Crippen LogP contribution in [0.15, 0.2) is 54.0 Å². The predicted octanol–water partition coefficient (Wildman–Crippen LogP) is 2.72. The number of esters is 2. The molecule has 0 N–H and O–H groups in total. The Labute approximate surface area is 154 Å². The molecule has 0 radical (unpaired) electrons. The highest BCUT2D eigenvalue weighted by atomic mass is 35.5. The van der Waals surface area contributed by atoms with E-state index in [4.69, 9.17) is 21.1 Å². The fourth-order valence-electron chi connectivity index (χ4n) is 2.69. The normalized spacial score (nSPS) is 13.9. The molecule has 1 aliphatic rings. The zero-order valence-corrected chi connectivity index (χ0v) is 15.1. The van der Waals surface area contributed by atoms with Crippen molar-refractivity contribution in [1.29, 1.82) is 0 Å². The second kappa shape index (κ2) is 7.05. The number of fused-ring (bicyclic) bond motifs is 1. The van der Waals surface area contributed by atoms with Gasteiger partial charge >= 0.3 is 11.9 Å². The molecule has 1 aromatic heterocycles. The Balaban J connectivity index is 2.25. The van der Waals surface area contributed by atoms with Crippen LogP contribution in [-0.4, -0.2) is 35.9 Å². The molecular weight excluding hydrogens is 358 g/mol. The lowest BCUT2D eigenvalue weighted by molar-refractivity contribution is -0.139. The van der Waals surface area contributed by atoms with E-state index in [2.05, 4.69) is 5.10 Å². The van der Waals surface area contributed by atoms with E-state index in [0.29, 0.717) is 10.7 Å². The highest BCUT2D eigenvalue weighted by Gasteiger charge is 2.28. The van der Waals surface area contributed by atoms with Gasteiger partial charge in [0.05, 0.1) is 36.0 Å². The molecule has 2 heterocycles. The largest absolute Gasteiger partial charge is 0.465 e. The van der Waals surface area contributed by atoms with E-state index in [0.717, 1.165) is 10.9 Å². The molecule has 3 rings (SSSR count). The van der Waals surface area contributed by atoms with Crippen molar-refractivity contribution in [2.24, 2.45) is 7.05 Å². The molecule has 0 bridgehead atoms. The number of rotatable bonds is 3. The Hall–Kier alpha value is -3.06. The number of benzene rings is 1. The van der Waals surface area contributed by atoms with Gasteiger partial charge in [-0.05, 0) is 24.3 Å². The summed E-state index contributed by atoms with van der Waals surface area (Å²) in [4.78, 5) is 26.2. The number of carbonyl (C=O) groups is 2. The third-order valence-corrected chi connectivity index (χ3v) is 4.14. The van der Waals surface area contributed by atoms with Crippen LogP contribution in [0.4, 0.5) is 5.69 Å². The van der Waals surface area contributed by atoms with Crippen molar-refractivity contribution in [3.8, 4) is 0 Å². The number of carbonyl (C=O) groups excluding carboxylic acids is 2. The molecule has 2 aromatic rings. The van der Waals surface area contributed by atoms with Crippen LogP contribution in [0.5, 0.6) is 0 Å². The molecular formula is C18H16ClN3O4. The van der Waals surface area contributed by atoms with Crippen LogP contribution in [0.25, 0.3) is 10.9 Å². The summed E-state index contributed by atoms with van der Waals surface area (Å²) in [6.07, 6.45) is 8.26. The van der Waals surface area contributed by atoms with E-state index >= 15 is 0 Å². The molecule has 0 saturated heterocycles. The SMILES string of the molecule is COC(=O)C1=C(C(=O)OC)N(c2cc3cn(C)nc3cc2Cl)C=CC=C1. The molecule has 7 nitrogen and oxygen atoms in total. The first-order chi connectivity index (χ1) is 12.5. The van der Waals surface area contributed by atoms with E-state index in [-0.39, 0.29) is 11.3 Å². The molecule has 1 aromatic carbocycles. The minimum absolute atomic E-state index is 0.00879. The number of methoxy groups -OCH3 is 2. The summed E-state index contributed by atoms with van der Waals surface area (Å²) in [5.74, 6) is -1.35. The number of hydrogen-bond acceptors (Lipinski definition) is 6. The first kappa shape index (κ1) is 17.8. The number of halogens is 1. The quantitative estimate of drug-likeness (QED) is 0.770. The number of anilines is 1. The fraction of sp³-hybridized carbons (Fsp3) is 0.167. The van der Waals surface area contributed by atoms with Gasteiger partial charge in [0.1, 0.15) is 5.70 Å². The standard InChI is InChI=1S/C18H16ClN3O4/c1-21-10-11-8-15(13(19)9-14(11)20-21)22-7-5-4-6-12(17(23)25-2)16(22)18(24)26-3/h4-10H,1-3H3. The average molecular weight is 374 g/mol. The lowest BCUT2D eigenvalue weighted by Crippen LogP contribution is -2.27. The summed E-state index contributed by atoms with van der Waals surface area (Å²) in [6, 6.07) is 3.49. The Bertz CT molecular complexity index is 988. The van der Waals surface area contributed by atoms with Gasteiger partial charge in [0.15, 0.2) is 0 Å². The van der Waals surface area contributed by atoms with Gasteiger partial charge in [0.25, 0.3) is 0 Å². The van der Waals surface area contributed by atoms with Gasteiger partial charge in [-0.25, -0.2) is 9.59 Å². The molecule has 0 amide bonds. The van der Waals surface area contributed by atoms with Crippen molar-refractivity contribution in [3.63, 3.8) is 0 Å². The number of hydrogen-bond donors (Lipinski definition) is 0. The Morgan fingerprint density at radius 2 is 1.85 bits per heavy atom. The van der Waals surface area contributed by atoms with Crippen molar-refractivity contribution in [3.05, 3.63) is 59.1 Å². The lowest BCUT2D eigenvalue weighted by Gasteiger charge is -2.24. The molecule has 134 valence electrons. The maximum absolute atomic E-state index is 12.5. The maximum atomic E-state index is 12.5. The first-order valence-corrected chi connectivity index (χ1v) is 8.02. The molecule has 0 aliphatic carbocycles. The maximum Gasteiger partial charge on any atom is 0.355 e. The highest BCUT2D eigenvalue weighted by molar-refractivity contribution is 6.34. The number of nitrogens with zero attached hydrogens (tertiary/aromatic N) is 3. The van der Waals surface area contributed by atoms with Crippen LogP contribution in [0.2, 0.25) is 5.02 Å². The number of allylic oxidation sites excluding steroid dienone is 2. The monoisotopic (exact) mass is 373 g/mol. The first-order valence-electron chi connectivity index (χ1n) is 7.64. The fourth-order valence-corrected chi connectivity index (χ4v) is 2.94. The molecule has 0 fully saturated rings. The summed E-state index contributed by atoms with van der Waals surface area (Å²) < 4.78 is 11.3. The number of ether oxygens (including phenoxy) is 2. The van der Waals surface area contributed by atoms with E-state index in [9.17, 15) is 9.59 Å². The van der Waals surface area contributed by atoms with Crippen molar-refractivity contribution in [2.45, 2.75) is 0 Å². The molecule has 26 heavy (non-hydrogen) atoms. The molecule has 1 aliphatic heterocycles. The van der Waals surface area contributed by atoms with Gasteiger partial charge in [-0.15, -0.1) is 0 Å². The second-order valence-corrected chi connectivity index (χ2v) is 5.89.